The van der Waals surface area contributed by atoms with Crippen molar-refractivity contribution in [1.82, 2.24) is 0 Å². The van der Waals surface area contributed by atoms with Crippen LogP contribution >= 0.6 is 23.2 Å². The molecule has 0 atom stereocenters. The highest BCUT2D eigenvalue weighted by molar-refractivity contribution is 6.35. The first-order valence-electron chi connectivity index (χ1n) is 5.35. The smallest absolute Gasteiger partial charge is 0.135 e. The van der Waals surface area contributed by atoms with Gasteiger partial charge in [0, 0.05) is 23.6 Å². The van der Waals surface area contributed by atoms with Gasteiger partial charge in [0.15, 0.2) is 0 Å². The number of rotatable bonds is 4. The van der Waals surface area contributed by atoms with Crippen LogP contribution < -0.4 is 0 Å². The van der Waals surface area contributed by atoms with E-state index in [0.717, 1.165) is 11.3 Å². The number of aryl methyl sites for hydroxylation is 1. The maximum Gasteiger partial charge on any atom is 0.135 e. The summed E-state index contributed by atoms with van der Waals surface area (Å²) in [5.74, 6) is 1.54. The monoisotopic (exact) mass is 270 g/mol. The van der Waals surface area contributed by atoms with E-state index in [-0.39, 0.29) is 6.61 Å². The minimum Gasteiger partial charge on any atom is -0.461 e. The lowest BCUT2D eigenvalue weighted by Crippen LogP contribution is -1.86. The Morgan fingerprint density at radius 3 is 2.71 bits per heavy atom. The summed E-state index contributed by atoms with van der Waals surface area (Å²) in [6, 6.07) is 9.02. The van der Waals surface area contributed by atoms with E-state index in [1.54, 1.807) is 18.2 Å². The van der Waals surface area contributed by atoms with Crippen molar-refractivity contribution in [3.8, 4) is 11.3 Å². The van der Waals surface area contributed by atoms with E-state index in [0.29, 0.717) is 28.6 Å². The topological polar surface area (TPSA) is 33.4 Å². The predicted octanol–water partition coefficient (Wildman–Crippen LogP) is 4.18. The second-order valence-corrected chi connectivity index (χ2v) is 4.56. The second kappa shape index (κ2) is 5.58. The van der Waals surface area contributed by atoms with Crippen LogP contribution in [0.15, 0.2) is 34.7 Å². The quantitative estimate of drug-likeness (QED) is 0.904. The first kappa shape index (κ1) is 12.5. The average Bonchev–Trinajstić information content (AvgIpc) is 2.78. The molecule has 2 aromatic rings. The molecule has 0 aliphatic heterocycles. The van der Waals surface area contributed by atoms with E-state index in [2.05, 4.69) is 0 Å². The Morgan fingerprint density at radius 1 is 1.12 bits per heavy atom. The molecule has 0 radical (unpaired) electrons. The third-order valence-corrected chi connectivity index (χ3v) is 3.00. The van der Waals surface area contributed by atoms with Crippen molar-refractivity contribution in [2.24, 2.45) is 0 Å². The summed E-state index contributed by atoms with van der Waals surface area (Å²) in [5, 5.41) is 9.98. The molecule has 2 nitrogen and oxygen atoms in total. The van der Waals surface area contributed by atoms with Gasteiger partial charge in [0.25, 0.3) is 0 Å². The summed E-state index contributed by atoms with van der Waals surface area (Å²) in [7, 11) is 0. The van der Waals surface area contributed by atoms with E-state index < -0.39 is 0 Å². The largest absolute Gasteiger partial charge is 0.461 e. The van der Waals surface area contributed by atoms with Crippen molar-refractivity contribution in [3.05, 3.63) is 46.1 Å². The van der Waals surface area contributed by atoms with Gasteiger partial charge >= 0.3 is 0 Å². The zero-order chi connectivity index (χ0) is 12.3. The Balaban J connectivity index is 2.27. The molecule has 0 aliphatic carbocycles. The van der Waals surface area contributed by atoms with Gasteiger partial charge in [-0.1, -0.05) is 23.2 Å². The summed E-state index contributed by atoms with van der Waals surface area (Å²) in [5.41, 5.74) is 0.786. The molecule has 1 aromatic heterocycles. The summed E-state index contributed by atoms with van der Waals surface area (Å²) in [4.78, 5) is 0. The highest BCUT2D eigenvalue weighted by atomic mass is 35.5. The minimum absolute atomic E-state index is 0.161. The van der Waals surface area contributed by atoms with E-state index >= 15 is 0 Å². The van der Waals surface area contributed by atoms with Crippen molar-refractivity contribution in [1.29, 1.82) is 0 Å². The zero-order valence-corrected chi connectivity index (χ0v) is 10.6. The fourth-order valence-corrected chi connectivity index (χ4v) is 1.98. The molecule has 90 valence electrons. The summed E-state index contributed by atoms with van der Waals surface area (Å²) >= 11 is 12.0. The number of benzene rings is 1. The first-order chi connectivity index (χ1) is 8.20. The van der Waals surface area contributed by atoms with Crippen molar-refractivity contribution >= 4 is 23.2 Å². The van der Waals surface area contributed by atoms with Crippen LogP contribution in [0.1, 0.15) is 12.2 Å². The lowest BCUT2D eigenvalue weighted by molar-refractivity contribution is 0.284. The highest BCUT2D eigenvalue weighted by Gasteiger charge is 2.09. The van der Waals surface area contributed by atoms with Crippen LogP contribution in [0, 0.1) is 0 Å². The molecular weight excluding hydrogens is 259 g/mol. The molecule has 0 fully saturated rings. The van der Waals surface area contributed by atoms with Crippen LogP contribution in [-0.2, 0) is 6.42 Å². The van der Waals surface area contributed by atoms with Crippen LogP contribution in [-0.4, -0.2) is 11.7 Å². The number of halogens is 2. The molecule has 1 N–H and O–H groups in total. The number of hydrogen-bond donors (Lipinski definition) is 1. The fourth-order valence-electron chi connectivity index (χ4n) is 1.60. The molecule has 0 unspecified atom stereocenters. The van der Waals surface area contributed by atoms with Gasteiger partial charge in [0.1, 0.15) is 11.5 Å². The molecule has 1 aromatic carbocycles. The lowest BCUT2D eigenvalue weighted by Gasteiger charge is -2.01. The molecule has 0 spiro atoms. The number of furan rings is 1. The van der Waals surface area contributed by atoms with Crippen LogP contribution in [0.5, 0.6) is 0 Å². The fraction of sp³-hybridized carbons (Fsp3) is 0.231. The maximum absolute atomic E-state index is 8.75. The van der Waals surface area contributed by atoms with E-state index in [1.807, 2.05) is 12.1 Å². The van der Waals surface area contributed by atoms with Gasteiger partial charge in [-0.15, -0.1) is 0 Å². The summed E-state index contributed by atoms with van der Waals surface area (Å²) in [6.07, 6.45) is 1.41. The van der Waals surface area contributed by atoms with Crippen LogP contribution in [0.2, 0.25) is 10.0 Å². The van der Waals surface area contributed by atoms with Gasteiger partial charge in [0.2, 0.25) is 0 Å². The highest BCUT2D eigenvalue weighted by Crippen LogP contribution is 2.31. The molecule has 1 heterocycles. The number of aliphatic hydroxyl groups is 1. The van der Waals surface area contributed by atoms with Crippen LogP contribution in [0.4, 0.5) is 0 Å². The van der Waals surface area contributed by atoms with Gasteiger partial charge < -0.3 is 9.52 Å². The molecule has 0 bridgehead atoms. The van der Waals surface area contributed by atoms with Gasteiger partial charge in [-0.2, -0.15) is 0 Å². The molecule has 0 aliphatic rings. The standard InChI is InChI=1S/C13H12Cl2O2/c14-9-3-5-12(15)11(8-9)13-6-4-10(17-13)2-1-7-16/h3-6,8,16H,1-2,7H2. The third kappa shape index (κ3) is 3.03. The average molecular weight is 271 g/mol. The van der Waals surface area contributed by atoms with Crippen molar-refractivity contribution in [3.63, 3.8) is 0 Å². The van der Waals surface area contributed by atoms with Gasteiger partial charge in [-0.3, -0.25) is 0 Å². The van der Waals surface area contributed by atoms with Crippen molar-refractivity contribution < 1.29 is 9.52 Å². The molecule has 17 heavy (non-hydrogen) atoms. The molecular formula is C13H12Cl2O2. The predicted molar refractivity (Wildman–Crippen MR) is 69.6 cm³/mol. The Morgan fingerprint density at radius 2 is 1.94 bits per heavy atom. The first-order valence-corrected chi connectivity index (χ1v) is 6.11. The number of aliphatic hydroxyl groups excluding tert-OH is 1. The van der Waals surface area contributed by atoms with Gasteiger partial charge in [-0.05, 0) is 36.8 Å². The normalized spacial score (nSPS) is 10.8. The van der Waals surface area contributed by atoms with Crippen molar-refractivity contribution in [2.45, 2.75) is 12.8 Å². The van der Waals surface area contributed by atoms with Crippen molar-refractivity contribution in [2.75, 3.05) is 6.61 Å². The molecule has 0 saturated carbocycles. The summed E-state index contributed by atoms with van der Waals surface area (Å²) < 4.78 is 5.65. The minimum atomic E-state index is 0.161. The molecule has 0 saturated heterocycles. The zero-order valence-electron chi connectivity index (χ0n) is 9.12. The third-order valence-electron chi connectivity index (χ3n) is 2.44. The van der Waals surface area contributed by atoms with E-state index in [9.17, 15) is 0 Å². The second-order valence-electron chi connectivity index (χ2n) is 3.72. The maximum atomic E-state index is 8.75. The Labute approximate surface area is 110 Å². The Kier molecular flexibility index (Phi) is 4.11. The molecule has 2 rings (SSSR count). The molecule has 0 amide bonds. The van der Waals surface area contributed by atoms with Gasteiger partial charge in [0.05, 0.1) is 5.02 Å². The summed E-state index contributed by atoms with van der Waals surface area (Å²) in [6.45, 7) is 0.161. The van der Waals surface area contributed by atoms with Gasteiger partial charge in [-0.25, -0.2) is 0 Å². The Hall–Kier alpha value is -0.960. The van der Waals surface area contributed by atoms with E-state index in [4.69, 9.17) is 32.7 Å². The molecule has 4 heteroatoms. The SMILES string of the molecule is OCCCc1ccc(-c2cc(Cl)ccc2Cl)o1. The van der Waals surface area contributed by atoms with Crippen LogP contribution in [0.3, 0.4) is 0 Å². The lowest BCUT2D eigenvalue weighted by atomic mass is 10.2. The Bertz CT molecular complexity index is 506. The van der Waals surface area contributed by atoms with E-state index in [1.165, 1.54) is 0 Å². The number of hydrogen-bond acceptors (Lipinski definition) is 2. The van der Waals surface area contributed by atoms with Crippen LogP contribution in [0.25, 0.3) is 11.3 Å².